The van der Waals surface area contributed by atoms with Crippen LogP contribution in [0.2, 0.25) is 0 Å². The predicted molar refractivity (Wildman–Crippen MR) is 148 cm³/mol. The Balaban J connectivity index is 1.62. The van der Waals surface area contributed by atoms with Crippen LogP contribution < -0.4 is 5.32 Å². The standard InChI is InChI=1S/C30H33N3O5S/c1-3-22(2)31-29(35)26(20-23-12-6-4-7-13-23)32(21-24-14-8-5-9-15-24)28(34)18-19-33-30(36)25-16-10-11-17-27(25)39(33,37)38/h4-17,22,26H,3,18-21H2,1-2H3,(H,31,35)/t22-,26-/m0/s1. The highest BCUT2D eigenvalue weighted by atomic mass is 32.2. The first kappa shape index (κ1) is 28.0. The van der Waals surface area contributed by atoms with Crippen LogP contribution in [0.25, 0.3) is 0 Å². The first-order chi connectivity index (χ1) is 18.7. The molecule has 1 aliphatic heterocycles. The number of benzene rings is 3. The van der Waals surface area contributed by atoms with E-state index in [-0.39, 0.29) is 48.3 Å². The summed E-state index contributed by atoms with van der Waals surface area (Å²) in [5.41, 5.74) is 1.82. The third-order valence-corrected chi connectivity index (χ3v) is 8.75. The first-order valence-electron chi connectivity index (χ1n) is 13.1. The van der Waals surface area contributed by atoms with Crippen molar-refractivity contribution in [1.29, 1.82) is 0 Å². The minimum absolute atomic E-state index is 0.0570. The average molecular weight is 548 g/mol. The smallest absolute Gasteiger partial charge is 0.269 e. The van der Waals surface area contributed by atoms with Gasteiger partial charge < -0.3 is 10.2 Å². The van der Waals surface area contributed by atoms with Crippen molar-refractivity contribution < 1.29 is 22.8 Å². The summed E-state index contributed by atoms with van der Waals surface area (Å²) in [5.74, 6) is -1.35. The monoisotopic (exact) mass is 547 g/mol. The predicted octanol–water partition coefficient (Wildman–Crippen LogP) is 3.78. The minimum Gasteiger partial charge on any atom is -0.352 e. The van der Waals surface area contributed by atoms with E-state index in [1.54, 1.807) is 12.1 Å². The maximum absolute atomic E-state index is 13.8. The van der Waals surface area contributed by atoms with Gasteiger partial charge >= 0.3 is 0 Å². The van der Waals surface area contributed by atoms with Gasteiger partial charge in [-0.1, -0.05) is 79.7 Å². The molecule has 39 heavy (non-hydrogen) atoms. The molecule has 204 valence electrons. The summed E-state index contributed by atoms with van der Waals surface area (Å²) in [6.45, 7) is 3.72. The third-order valence-electron chi connectivity index (χ3n) is 6.91. The Morgan fingerprint density at radius 2 is 1.49 bits per heavy atom. The van der Waals surface area contributed by atoms with Gasteiger partial charge in [0.05, 0.1) is 5.56 Å². The molecular weight excluding hydrogens is 514 g/mol. The molecule has 1 heterocycles. The van der Waals surface area contributed by atoms with Gasteiger partial charge in [0.25, 0.3) is 15.9 Å². The van der Waals surface area contributed by atoms with Crippen molar-refractivity contribution in [3.05, 3.63) is 102 Å². The minimum atomic E-state index is -4.05. The molecule has 0 spiro atoms. The maximum Gasteiger partial charge on any atom is 0.269 e. The van der Waals surface area contributed by atoms with Gasteiger partial charge in [0.1, 0.15) is 10.9 Å². The number of fused-ring (bicyclic) bond motifs is 1. The molecule has 0 aromatic heterocycles. The van der Waals surface area contributed by atoms with E-state index in [1.165, 1.54) is 17.0 Å². The lowest BCUT2D eigenvalue weighted by atomic mass is 10.0. The number of hydrogen-bond donors (Lipinski definition) is 1. The Morgan fingerprint density at radius 1 is 0.897 bits per heavy atom. The lowest BCUT2D eigenvalue weighted by Crippen LogP contribution is -2.52. The zero-order valence-corrected chi connectivity index (χ0v) is 22.9. The van der Waals surface area contributed by atoms with Gasteiger partial charge in [-0.3, -0.25) is 14.4 Å². The quantitative estimate of drug-likeness (QED) is 0.394. The molecule has 8 nitrogen and oxygen atoms in total. The highest BCUT2D eigenvalue weighted by molar-refractivity contribution is 7.90. The van der Waals surface area contributed by atoms with Gasteiger partial charge in [-0.25, -0.2) is 12.7 Å². The molecule has 9 heteroatoms. The lowest BCUT2D eigenvalue weighted by Gasteiger charge is -2.32. The van der Waals surface area contributed by atoms with Crippen LogP contribution in [-0.2, 0) is 32.6 Å². The van der Waals surface area contributed by atoms with Crippen molar-refractivity contribution in [1.82, 2.24) is 14.5 Å². The van der Waals surface area contributed by atoms with Gasteiger partial charge in [0.2, 0.25) is 11.8 Å². The largest absolute Gasteiger partial charge is 0.352 e. The van der Waals surface area contributed by atoms with Gasteiger partial charge in [-0.2, -0.15) is 0 Å². The summed E-state index contributed by atoms with van der Waals surface area (Å²) in [6.07, 6.45) is 0.758. The van der Waals surface area contributed by atoms with Crippen LogP contribution in [0.1, 0.15) is 48.2 Å². The Labute approximate surface area is 229 Å². The number of carbonyl (C=O) groups is 3. The topological polar surface area (TPSA) is 104 Å². The summed E-state index contributed by atoms with van der Waals surface area (Å²) in [5, 5.41) is 3.01. The van der Waals surface area contributed by atoms with Crippen LogP contribution >= 0.6 is 0 Å². The van der Waals surface area contributed by atoms with Gasteiger partial charge in [0, 0.05) is 32.0 Å². The highest BCUT2D eigenvalue weighted by Crippen LogP contribution is 2.30. The van der Waals surface area contributed by atoms with Crippen LogP contribution in [0.15, 0.2) is 89.8 Å². The molecule has 0 saturated heterocycles. The van der Waals surface area contributed by atoms with E-state index in [1.807, 2.05) is 74.5 Å². The van der Waals surface area contributed by atoms with E-state index in [0.717, 1.165) is 21.9 Å². The molecule has 0 aliphatic carbocycles. The lowest BCUT2D eigenvalue weighted by molar-refractivity contribution is -0.141. The molecular formula is C30H33N3O5S. The summed E-state index contributed by atoms with van der Waals surface area (Å²) in [6, 6.07) is 23.9. The molecule has 1 aliphatic rings. The molecule has 0 fully saturated rings. The molecule has 4 rings (SSSR count). The van der Waals surface area contributed by atoms with Crippen LogP contribution in [-0.4, -0.2) is 54.0 Å². The average Bonchev–Trinajstić information content (AvgIpc) is 3.14. The normalized spacial score (nSPS) is 15.3. The van der Waals surface area contributed by atoms with E-state index < -0.39 is 27.9 Å². The number of hydrogen-bond acceptors (Lipinski definition) is 5. The van der Waals surface area contributed by atoms with Crippen molar-refractivity contribution >= 4 is 27.7 Å². The third kappa shape index (κ3) is 6.37. The highest BCUT2D eigenvalue weighted by Gasteiger charge is 2.41. The number of nitrogens with zero attached hydrogens (tertiary/aromatic N) is 2. The Kier molecular flexibility index (Phi) is 8.81. The molecule has 0 bridgehead atoms. The fraction of sp³-hybridized carbons (Fsp3) is 0.300. The molecule has 0 unspecified atom stereocenters. The second-order valence-electron chi connectivity index (χ2n) is 9.66. The van der Waals surface area contributed by atoms with Crippen molar-refractivity contribution in [3.63, 3.8) is 0 Å². The van der Waals surface area contributed by atoms with E-state index in [4.69, 9.17) is 0 Å². The molecule has 1 N–H and O–H groups in total. The van der Waals surface area contributed by atoms with E-state index in [0.29, 0.717) is 0 Å². The fourth-order valence-electron chi connectivity index (χ4n) is 4.57. The number of carbonyl (C=O) groups excluding carboxylic acids is 3. The van der Waals surface area contributed by atoms with E-state index in [9.17, 15) is 22.8 Å². The van der Waals surface area contributed by atoms with Crippen molar-refractivity contribution in [2.75, 3.05) is 6.54 Å². The maximum atomic E-state index is 13.8. The van der Waals surface area contributed by atoms with Crippen LogP contribution in [0, 0.1) is 0 Å². The van der Waals surface area contributed by atoms with E-state index >= 15 is 0 Å². The van der Waals surface area contributed by atoms with Crippen molar-refractivity contribution in [2.45, 2.75) is 56.6 Å². The van der Waals surface area contributed by atoms with Gasteiger partial charge in [0.15, 0.2) is 0 Å². The SMILES string of the molecule is CC[C@H](C)NC(=O)[C@H](Cc1ccccc1)N(Cc1ccccc1)C(=O)CCN1C(=O)c2ccccc2S1(=O)=O. The molecule has 2 atom stereocenters. The fourth-order valence-corrected chi connectivity index (χ4v) is 6.14. The van der Waals surface area contributed by atoms with Gasteiger partial charge in [-0.05, 0) is 36.6 Å². The number of sulfonamides is 1. The van der Waals surface area contributed by atoms with Crippen molar-refractivity contribution in [3.8, 4) is 0 Å². The Morgan fingerprint density at radius 3 is 2.10 bits per heavy atom. The first-order valence-corrected chi connectivity index (χ1v) is 14.5. The van der Waals surface area contributed by atoms with E-state index in [2.05, 4.69) is 5.32 Å². The van der Waals surface area contributed by atoms with Crippen LogP contribution in [0.3, 0.4) is 0 Å². The summed E-state index contributed by atoms with van der Waals surface area (Å²) in [7, 11) is -4.05. The van der Waals surface area contributed by atoms with Gasteiger partial charge in [-0.15, -0.1) is 0 Å². The molecule has 3 aromatic carbocycles. The van der Waals surface area contributed by atoms with Crippen molar-refractivity contribution in [2.24, 2.45) is 0 Å². The van der Waals surface area contributed by atoms with Crippen LogP contribution in [0.4, 0.5) is 0 Å². The Hall–Kier alpha value is -3.98. The van der Waals surface area contributed by atoms with Crippen LogP contribution in [0.5, 0.6) is 0 Å². The summed E-state index contributed by atoms with van der Waals surface area (Å²) >= 11 is 0. The zero-order chi connectivity index (χ0) is 28.0. The summed E-state index contributed by atoms with van der Waals surface area (Å²) < 4.78 is 26.8. The number of rotatable bonds is 11. The second kappa shape index (κ2) is 12.3. The molecule has 3 aromatic rings. The number of nitrogens with one attached hydrogen (secondary N) is 1. The number of amides is 3. The molecule has 0 radical (unpaired) electrons. The molecule has 0 saturated carbocycles. The zero-order valence-electron chi connectivity index (χ0n) is 22.1. The Bertz CT molecular complexity index is 1430. The molecule has 3 amide bonds. The summed E-state index contributed by atoms with van der Waals surface area (Å²) in [4.78, 5) is 41.7. The second-order valence-corrected chi connectivity index (χ2v) is 11.5.